The minimum atomic E-state index is -0.298. The van der Waals surface area contributed by atoms with Gasteiger partial charge in [-0.25, -0.2) is 9.18 Å². The molecule has 1 saturated carbocycles. The molecule has 1 N–H and O–H groups in total. The molecule has 0 saturated heterocycles. The molecule has 114 valence electrons. The Kier molecular flexibility index (Phi) is 4.04. The normalized spacial score (nSPS) is 15.2. The average molecular weight is 299 g/mol. The van der Waals surface area contributed by atoms with E-state index in [2.05, 4.69) is 10.3 Å². The fourth-order valence-electron chi connectivity index (χ4n) is 2.44. The Balaban J connectivity index is 1.91. The third kappa shape index (κ3) is 3.24. The predicted octanol–water partition coefficient (Wildman–Crippen LogP) is 3.11. The minimum absolute atomic E-state index is 0.124. The zero-order valence-electron chi connectivity index (χ0n) is 12.4. The number of hydrogen-bond donors (Lipinski definition) is 1. The molecule has 5 heteroatoms. The molecule has 1 aromatic carbocycles. The maximum atomic E-state index is 13.2. The summed E-state index contributed by atoms with van der Waals surface area (Å²) in [5, 5.41) is 2.98. The summed E-state index contributed by atoms with van der Waals surface area (Å²) in [6.45, 7) is 0. The van der Waals surface area contributed by atoms with Crippen LogP contribution in [0.5, 0.6) is 0 Å². The van der Waals surface area contributed by atoms with E-state index in [9.17, 15) is 9.18 Å². The van der Waals surface area contributed by atoms with Gasteiger partial charge in [0.05, 0.1) is 6.04 Å². The zero-order valence-corrected chi connectivity index (χ0v) is 12.4. The fourth-order valence-corrected chi connectivity index (χ4v) is 2.44. The Morgan fingerprint density at radius 1 is 1.27 bits per heavy atom. The average Bonchev–Trinajstić information content (AvgIpc) is 3.34. The van der Waals surface area contributed by atoms with Crippen LogP contribution in [-0.2, 0) is 0 Å². The Morgan fingerprint density at radius 3 is 2.59 bits per heavy atom. The van der Waals surface area contributed by atoms with Gasteiger partial charge in [0.15, 0.2) is 0 Å². The molecular formula is C17H18FN3O. The summed E-state index contributed by atoms with van der Waals surface area (Å²) >= 11 is 0. The highest BCUT2D eigenvalue weighted by Crippen LogP contribution is 2.28. The van der Waals surface area contributed by atoms with Crippen LogP contribution in [0, 0.1) is 5.82 Å². The van der Waals surface area contributed by atoms with Gasteiger partial charge in [0.2, 0.25) is 0 Å². The number of benzene rings is 1. The number of nitrogens with one attached hydrogen (secondary N) is 1. The van der Waals surface area contributed by atoms with Gasteiger partial charge in [0, 0.05) is 25.5 Å². The van der Waals surface area contributed by atoms with E-state index in [-0.39, 0.29) is 23.9 Å². The second-order valence-corrected chi connectivity index (χ2v) is 5.58. The van der Waals surface area contributed by atoms with E-state index >= 15 is 0 Å². The van der Waals surface area contributed by atoms with Crippen molar-refractivity contribution in [2.45, 2.75) is 24.9 Å². The molecule has 1 aliphatic rings. The monoisotopic (exact) mass is 299 g/mol. The summed E-state index contributed by atoms with van der Waals surface area (Å²) in [6, 6.07) is 9.84. The van der Waals surface area contributed by atoms with Crippen molar-refractivity contribution in [3.05, 3.63) is 65.7 Å². The maximum absolute atomic E-state index is 13.2. The quantitative estimate of drug-likeness (QED) is 0.943. The molecule has 1 atom stereocenters. The van der Waals surface area contributed by atoms with Crippen molar-refractivity contribution in [3.63, 3.8) is 0 Å². The van der Waals surface area contributed by atoms with E-state index in [0.717, 1.165) is 24.0 Å². The number of nitrogens with zero attached hydrogens (tertiary/aromatic N) is 2. The van der Waals surface area contributed by atoms with Crippen LogP contribution >= 0.6 is 0 Å². The first-order valence-electron chi connectivity index (χ1n) is 7.34. The minimum Gasteiger partial charge on any atom is -0.335 e. The summed E-state index contributed by atoms with van der Waals surface area (Å²) in [5.41, 5.74) is 1.74. The first kappa shape index (κ1) is 14.5. The van der Waals surface area contributed by atoms with Crippen molar-refractivity contribution in [2.75, 3.05) is 7.05 Å². The molecule has 1 aliphatic carbocycles. The van der Waals surface area contributed by atoms with Gasteiger partial charge in [-0.1, -0.05) is 18.2 Å². The third-order valence-electron chi connectivity index (χ3n) is 3.80. The zero-order chi connectivity index (χ0) is 15.5. The molecule has 1 aromatic heterocycles. The van der Waals surface area contributed by atoms with Gasteiger partial charge in [-0.2, -0.15) is 0 Å². The van der Waals surface area contributed by atoms with Crippen molar-refractivity contribution < 1.29 is 9.18 Å². The molecule has 0 bridgehead atoms. The Labute approximate surface area is 129 Å². The topological polar surface area (TPSA) is 45.2 Å². The highest BCUT2D eigenvalue weighted by atomic mass is 19.1. The Morgan fingerprint density at radius 2 is 2.00 bits per heavy atom. The SMILES string of the molecule is CN(C(=O)NC1CC1)C(c1ccc(F)cc1)c1cccnc1. The van der Waals surface area contributed by atoms with Crippen LogP contribution in [0.2, 0.25) is 0 Å². The van der Waals surface area contributed by atoms with Crippen molar-refractivity contribution >= 4 is 6.03 Å². The lowest BCUT2D eigenvalue weighted by molar-refractivity contribution is 0.197. The molecule has 4 nitrogen and oxygen atoms in total. The van der Waals surface area contributed by atoms with Crippen LogP contribution in [0.1, 0.15) is 30.0 Å². The second-order valence-electron chi connectivity index (χ2n) is 5.58. The van der Waals surface area contributed by atoms with Crippen molar-refractivity contribution in [1.29, 1.82) is 0 Å². The molecule has 2 amide bonds. The summed E-state index contributed by atoms with van der Waals surface area (Å²) in [6.07, 6.45) is 5.49. The molecule has 2 aromatic rings. The summed E-state index contributed by atoms with van der Waals surface area (Å²) < 4.78 is 13.2. The molecular weight excluding hydrogens is 281 g/mol. The first-order valence-corrected chi connectivity index (χ1v) is 7.34. The number of amides is 2. The lowest BCUT2D eigenvalue weighted by Crippen LogP contribution is -2.41. The summed E-state index contributed by atoms with van der Waals surface area (Å²) in [7, 11) is 1.75. The highest BCUT2D eigenvalue weighted by Gasteiger charge is 2.29. The van der Waals surface area contributed by atoms with Gasteiger partial charge in [-0.3, -0.25) is 4.98 Å². The van der Waals surface area contributed by atoms with Crippen molar-refractivity contribution in [1.82, 2.24) is 15.2 Å². The summed E-state index contributed by atoms with van der Waals surface area (Å²) in [4.78, 5) is 18.1. The van der Waals surface area contributed by atoms with Crippen LogP contribution in [0.25, 0.3) is 0 Å². The first-order chi connectivity index (χ1) is 10.6. The van der Waals surface area contributed by atoms with E-state index in [1.54, 1.807) is 36.5 Å². The number of pyridine rings is 1. The van der Waals surface area contributed by atoms with Crippen LogP contribution in [0.15, 0.2) is 48.8 Å². The molecule has 1 heterocycles. The smallest absolute Gasteiger partial charge is 0.318 e. The predicted molar refractivity (Wildman–Crippen MR) is 81.8 cm³/mol. The Hall–Kier alpha value is -2.43. The van der Waals surface area contributed by atoms with Gasteiger partial charge in [0.1, 0.15) is 5.82 Å². The summed E-state index contributed by atoms with van der Waals surface area (Å²) in [5.74, 6) is -0.293. The van der Waals surface area contributed by atoms with Crippen LogP contribution < -0.4 is 5.32 Å². The molecule has 0 spiro atoms. The highest BCUT2D eigenvalue weighted by molar-refractivity contribution is 5.75. The Bertz CT molecular complexity index is 641. The molecule has 22 heavy (non-hydrogen) atoms. The molecule has 0 radical (unpaired) electrons. The van der Waals surface area contributed by atoms with E-state index in [1.807, 2.05) is 12.1 Å². The largest absolute Gasteiger partial charge is 0.335 e. The third-order valence-corrected chi connectivity index (χ3v) is 3.80. The van der Waals surface area contributed by atoms with Crippen molar-refractivity contribution in [3.8, 4) is 0 Å². The number of carbonyl (C=O) groups is 1. The number of hydrogen-bond acceptors (Lipinski definition) is 2. The fraction of sp³-hybridized carbons (Fsp3) is 0.294. The van der Waals surface area contributed by atoms with Crippen LogP contribution in [0.3, 0.4) is 0 Å². The number of rotatable bonds is 4. The second kappa shape index (κ2) is 6.13. The lowest BCUT2D eigenvalue weighted by Gasteiger charge is -2.29. The van der Waals surface area contributed by atoms with Gasteiger partial charge in [0.25, 0.3) is 0 Å². The molecule has 0 aliphatic heterocycles. The van der Waals surface area contributed by atoms with E-state index in [4.69, 9.17) is 0 Å². The van der Waals surface area contributed by atoms with Crippen molar-refractivity contribution in [2.24, 2.45) is 0 Å². The molecule has 1 unspecified atom stereocenters. The number of urea groups is 1. The maximum Gasteiger partial charge on any atom is 0.318 e. The number of aromatic nitrogens is 1. The number of halogens is 1. The van der Waals surface area contributed by atoms with E-state index < -0.39 is 0 Å². The van der Waals surface area contributed by atoms with Gasteiger partial charge >= 0.3 is 6.03 Å². The molecule has 3 rings (SSSR count). The van der Waals surface area contributed by atoms with E-state index in [0.29, 0.717) is 0 Å². The van der Waals surface area contributed by atoms with Gasteiger partial charge < -0.3 is 10.2 Å². The standard InChI is InChI=1S/C17H18FN3O/c1-21(17(22)20-15-8-9-15)16(13-3-2-10-19-11-13)12-4-6-14(18)7-5-12/h2-7,10-11,15-16H,8-9H2,1H3,(H,20,22). The van der Waals surface area contributed by atoms with Gasteiger partial charge in [-0.05, 0) is 42.2 Å². The van der Waals surface area contributed by atoms with Crippen LogP contribution in [0.4, 0.5) is 9.18 Å². The van der Waals surface area contributed by atoms with Gasteiger partial charge in [-0.15, -0.1) is 0 Å². The lowest BCUT2D eigenvalue weighted by atomic mass is 9.99. The molecule has 1 fully saturated rings. The van der Waals surface area contributed by atoms with E-state index in [1.165, 1.54) is 12.1 Å². The number of carbonyl (C=O) groups excluding carboxylic acids is 1. The van der Waals surface area contributed by atoms with Crippen LogP contribution in [-0.4, -0.2) is 29.0 Å².